The summed E-state index contributed by atoms with van der Waals surface area (Å²) in [6, 6.07) is 87.6. The standard InChI is InChI=1S/C68H40N4O/c1-3-17-46-43(15-1)37-55(50-21-7-5-19-48(46)50)60-40-61(56-38-44-16-2-4-18-47(44)49-20-6-8-22-51(49)56)70-68(69-60)72-63-27-13-10-24-53(63)58-36-42(30-33-65(58)72)41-29-32-64-57(35-41)52-23-9-12-26-62(52)71(64)45-31-34-67-59(39-45)54-25-11-14-28-66(54)73-67/h1-40H. The number of fused-ring (bicyclic) bond motifs is 15. The van der Waals surface area contributed by atoms with Gasteiger partial charge >= 0.3 is 0 Å². The van der Waals surface area contributed by atoms with Crippen LogP contribution in [0.4, 0.5) is 0 Å². The van der Waals surface area contributed by atoms with Crippen molar-refractivity contribution in [2.45, 2.75) is 0 Å². The second-order valence-corrected chi connectivity index (χ2v) is 19.3. The van der Waals surface area contributed by atoms with Gasteiger partial charge in [-0.15, -0.1) is 0 Å². The Kier molecular flexibility index (Phi) is 8.39. The summed E-state index contributed by atoms with van der Waals surface area (Å²) >= 11 is 0. The topological polar surface area (TPSA) is 48.8 Å². The molecule has 16 aromatic rings. The van der Waals surface area contributed by atoms with Crippen LogP contribution in [0.1, 0.15) is 0 Å². The Hall–Kier alpha value is -9.84. The first-order chi connectivity index (χ1) is 36.2. The molecule has 0 radical (unpaired) electrons. The van der Waals surface area contributed by atoms with E-state index in [1.165, 1.54) is 43.1 Å². The Morgan fingerprint density at radius 3 is 1.30 bits per heavy atom. The predicted molar refractivity (Wildman–Crippen MR) is 304 cm³/mol. The molecule has 0 amide bonds. The molecule has 12 aromatic carbocycles. The van der Waals surface area contributed by atoms with Crippen LogP contribution in [-0.2, 0) is 0 Å². The smallest absolute Gasteiger partial charge is 0.235 e. The van der Waals surface area contributed by atoms with Crippen molar-refractivity contribution in [1.82, 2.24) is 19.1 Å². The largest absolute Gasteiger partial charge is 0.456 e. The summed E-state index contributed by atoms with van der Waals surface area (Å²) in [7, 11) is 0. The van der Waals surface area contributed by atoms with Gasteiger partial charge in [0.25, 0.3) is 0 Å². The van der Waals surface area contributed by atoms with Crippen LogP contribution < -0.4 is 0 Å². The summed E-state index contributed by atoms with van der Waals surface area (Å²) in [4.78, 5) is 11.2. The quantitative estimate of drug-likeness (QED) is 0.162. The lowest BCUT2D eigenvalue weighted by Gasteiger charge is -2.16. The highest BCUT2D eigenvalue weighted by atomic mass is 16.3. The first-order valence-electron chi connectivity index (χ1n) is 24.9. The lowest BCUT2D eigenvalue weighted by Crippen LogP contribution is -2.04. The number of furan rings is 1. The van der Waals surface area contributed by atoms with E-state index in [0.717, 1.165) is 105 Å². The van der Waals surface area contributed by atoms with Gasteiger partial charge in [0.1, 0.15) is 11.2 Å². The SMILES string of the molecule is c1ccc2c(c1)cc(-c1cc(-c3cc4ccccc4c4ccccc34)nc(-n3c4ccccc4c4cc(-c5ccc6c(c5)c5ccccc5n6-c5ccc6oc7ccccc7c6c5)ccc43)n1)c1ccccc12. The highest BCUT2D eigenvalue weighted by molar-refractivity contribution is 6.17. The number of hydrogen-bond donors (Lipinski definition) is 0. The molecule has 0 fully saturated rings. The van der Waals surface area contributed by atoms with E-state index in [9.17, 15) is 0 Å². The van der Waals surface area contributed by atoms with Crippen LogP contribution in [0.2, 0.25) is 0 Å². The maximum atomic E-state index is 6.23. The van der Waals surface area contributed by atoms with E-state index in [2.05, 4.69) is 240 Å². The van der Waals surface area contributed by atoms with Gasteiger partial charge in [0.15, 0.2) is 0 Å². The van der Waals surface area contributed by atoms with Crippen molar-refractivity contribution in [2.75, 3.05) is 0 Å². The first kappa shape index (κ1) is 39.9. The Balaban J connectivity index is 0.905. The highest BCUT2D eigenvalue weighted by Gasteiger charge is 2.22. The normalized spacial score (nSPS) is 12.1. The molecule has 0 N–H and O–H groups in total. The van der Waals surface area contributed by atoms with Crippen molar-refractivity contribution in [3.8, 4) is 45.3 Å². The van der Waals surface area contributed by atoms with Gasteiger partial charge in [-0.25, -0.2) is 9.97 Å². The van der Waals surface area contributed by atoms with Crippen molar-refractivity contribution in [3.63, 3.8) is 0 Å². The van der Waals surface area contributed by atoms with Gasteiger partial charge in [0, 0.05) is 49.1 Å². The summed E-state index contributed by atoms with van der Waals surface area (Å²) in [5.74, 6) is 0.622. The van der Waals surface area contributed by atoms with Crippen LogP contribution in [0, 0.1) is 0 Å². The van der Waals surface area contributed by atoms with Gasteiger partial charge in [-0.3, -0.25) is 4.57 Å². The van der Waals surface area contributed by atoms with E-state index < -0.39 is 0 Å². The van der Waals surface area contributed by atoms with Crippen molar-refractivity contribution < 1.29 is 4.42 Å². The van der Waals surface area contributed by atoms with Crippen LogP contribution in [0.25, 0.3) is 154 Å². The molecule has 4 aromatic heterocycles. The van der Waals surface area contributed by atoms with Crippen LogP contribution >= 0.6 is 0 Å². The minimum Gasteiger partial charge on any atom is -0.456 e. The molecule has 0 spiro atoms. The molecule has 5 heteroatoms. The van der Waals surface area contributed by atoms with Crippen molar-refractivity contribution in [1.29, 1.82) is 0 Å². The predicted octanol–water partition coefficient (Wildman–Crippen LogP) is 18.2. The van der Waals surface area contributed by atoms with E-state index in [-0.39, 0.29) is 0 Å². The zero-order valence-electron chi connectivity index (χ0n) is 39.3. The lowest BCUT2D eigenvalue weighted by atomic mass is 9.93. The number of nitrogens with zero attached hydrogens (tertiary/aromatic N) is 4. The van der Waals surface area contributed by atoms with Crippen LogP contribution in [0.3, 0.4) is 0 Å². The third-order valence-electron chi connectivity index (χ3n) is 15.3. The average molecular weight is 929 g/mol. The summed E-state index contributed by atoms with van der Waals surface area (Å²) in [6.45, 7) is 0. The minimum absolute atomic E-state index is 0.622. The van der Waals surface area contributed by atoms with E-state index >= 15 is 0 Å². The highest BCUT2D eigenvalue weighted by Crippen LogP contribution is 2.42. The molecule has 5 nitrogen and oxygen atoms in total. The minimum atomic E-state index is 0.622. The molecule has 0 atom stereocenters. The fraction of sp³-hybridized carbons (Fsp3) is 0. The zero-order chi connectivity index (χ0) is 47.7. The molecule has 16 rings (SSSR count). The first-order valence-corrected chi connectivity index (χ1v) is 24.9. The van der Waals surface area contributed by atoms with Gasteiger partial charge in [-0.1, -0.05) is 164 Å². The van der Waals surface area contributed by atoms with Gasteiger partial charge < -0.3 is 8.98 Å². The van der Waals surface area contributed by atoms with Crippen molar-refractivity contribution >= 4 is 109 Å². The fourth-order valence-electron chi connectivity index (χ4n) is 12.0. The summed E-state index contributed by atoms with van der Waals surface area (Å²) in [5, 5.41) is 16.4. The van der Waals surface area contributed by atoms with Gasteiger partial charge in [-0.05, 0) is 133 Å². The molecule has 73 heavy (non-hydrogen) atoms. The zero-order valence-corrected chi connectivity index (χ0v) is 39.3. The third kappa shape index (κ3) is 5.97. The molecule has 0 saturated heterocycles. The Morgan fingerprint density at radius 2 is 0.712 bits per heavy atom. The number of rotatable bonds is 5. The third-order valence-corrected chi connectivity index (χ3v) is 15.3. The fourth-order valence-corrected chi connectivity index (χ4v) is 12.0. The van der Waals surface area contributed by atoms with E-state index in [1.54, 1.807) is 0 Å². The molecule has 0 saturated carbocycles. The maximum Gasteiger partial charge on any atom is 0.235 e. The van der Waals surface area contributed by atoms with E-state index in [4.69, 9.17) is 14.4 Å². The molecular weight excluding hydrogens is 889 g/mol. The summed E-state index contributed by atoms with van der Waals surface area (Å²) < 4.78 is 10.9. The molecule has 0 aliphatic rings. The molecule has 0 aliphatic heterocycles. The summed E-state index contributed by atoms with van der Waals surface area (Å²) in [6.07, 6.45) is 0. The average Bonchev–Trinajstić information content (AvgIpc) is 4.11. The second kappa shape index (κ2) is 15.3. The Bertz CT molecular complexity index is 4860. The van der Waals surface area contributed by atoms with E-state index in [0.29, 0.717) is 5.95 Å². The molecule has 0 unspecified atom stereocenters. The maximum absolute atomic E-state index is 6.23. The van der Waals surface area contributed by atoms with Gasteiger partial charge in [-0.2, -0.15) is 0 Å². The second-order valence-electron chi connectivity index (χ2n) is 19.3. The number of benzene rings is 12. The molecule has 0 bridgehead atoms. The number of hydrogen-bond acceptors (Lipinski definition) is 3. The molecule has 0 aliphatic carbocycles. The number of para-hydroxylation sites is 3. The molecule has 4 heterocycles. The van der Waals surface area contributed by atoms with Crippen LogP contribution in [-0.4, -0.2) is 19.1 Å². The number of aromatic nitrogens is 4. The summed E-state index contributed by atoms with van der Waals surface area (Å²) in [5.41, 5.74) is 13.5. The Morgan fingerprint density at radius 1 is 0.274 bits per heavy atom. The Labute approximate surface area is 418 Å². The van der Waals surface area contributed by atoms with Crippen LogP contribution in [0.15, 0.2) is 247 Å². The molecular formula is C68H40N4O. The lowest BCUT2D eigenvalue weighted by molar-refractivity contribution is 0.669. The van der Waals surface area contributed by atoms with Gasteiger partial charge in [0.05, 0.1) is 33.5 Å². The van der Waals surface area contributed by atoms with Crippen molar-refractivity contribution in [2.24, 2.45) is 0 Å². The monoisotopic (exact) mass is 928 g/mol. The molecule has 338 valence electrons. The van der Waals surface area contributed by atoms with E-state index in [1.807, 2.05) is 12.1 Å². The van der Waals surface area contributed by atoms with Gasteiger partial charge in [0.2, 0.25) is 5.95 Å². The van der Waals surface area contributed by atoms with Crippen LogP contribution in [0.5, 0.6) is 0 Å². The van der Waals surface area contributed by atoms with Crippen molar-refractivity contribution in [3.05, 3.63) is 243 Å².